The molecule has 0 aliphatic carbocycles. The first-order valence-electron chi connectivity index (χ1n) is 8.34. The number of ether oxygens (including phenoxy) is 1. The van der Waals surface area contributed by atoms with Gasteiger partial charge in [-0.25, -0.2) is 0 Å². The van der Waals surface area contributed by atoms with Crippen LogP contribution in [0.2, 0.25) is 0 Å². The summed E-state index contributed by atoms with van der Waals surface area (Å²) in [7, 11) is 0. The average molecular weight is 334 g/mol. The van der Waals surface area contributed by atoms with Crippen molar-refractivity contribution in [3.05, 3.63) is 77.9 Å². The molecule has 3 N–H and O–H groups in total. The zero-order chi connectivity index (χ0) is 17.6. The fourth-order valence-electron chi connectivity index (χ4n) is 2.87. The van der Waals surface area contributed by atoms with Crippen molar-refractivity contribution in [3.8, 4) is 5.75 Å². The molecule has 1 amide bonds. The molecule has 4 heteroatoms. The van der Waals surface area contributed by atoms with Gasteiger partial charge in [-0.1, -0.05) is 54.6 Å². The summed E-state index contributed by atoms with van der Waals surface area (Å²) in [4.78, 5) is 10.7. The van der Waals surface area contributed by atoms with Crippen LogP contribution in [0.3, 0.4) is 0 Å². The lowest BCUT2D eigenvalue weighted by atomic mass is 9.99. The minimum atomic E-state index is -0.477. The Hall–Kier alpha value is -2.85. The number of fused-ring (bicyclic) bond motifs is 1. The summed E-state index contributed by atoms with van der Waals surface area (Å²) >= 11 is 0. The highest BCUT2D eigenvalue weighted by atomic mass is 16.5. The van der Waals surface area contributed by atoms with Crippen LogP contribution in [-0.2, 0) is 11.3 Å². The van der Waals surface area contributed by atoms with Gasteiger partial charge < -0.3 is 15.8 Å². The van der Waals surface area contributed by atoms with Crippen LogP contribution < -0.4 is 15.8 Å². The van der Waals surface area contributed by atoms with Gasteiger partial charge in [0.05, 0.1) is 0 Å². The normalized spacial score (nSPS) is 12.0. The number of carbonyl (C=O) groups is 1. The molecule has 3 aromatic carbocycles. The van der Waals surface area contributed by atoms with Gasteiger partial charge in [0.15, 0.2) is 6.61 Å². The van der Waals surface area contributed by atoms with E-state index in [1.165, 1.54) is 16.3 Å². The minimum Gasteiger partial charge on any atom is -0.484 e. The summed E-state index contributed by atoms with van der Waals surface area (Å²) in [5.41, 5.74) is 7.51. The summed E-state index contributed by atoms with van der Waals surface area (Å²) in [6.07, 6.45) is 0. The Balaban J connectivity index is 1.63. The van der Waals surface area contributed by atoms with Gasteiger partial charge in [0.2, 0.25) is 0 Å². The molecule has 3 aromatic rings. The van der Waals surface area contributed by atoms with E-state index in [2.05, 4.69) is 54.7 Å². The van der Waals surface area contributed by atoms with Crippen LogP contribution in [0, 0.1) is 0 Å². The molecule has 0 heterocycles. The van der Waals surface area contributed by atoms with E-state index in [1.807, 2.05) is 24.3 Å². The molecule has 1 atom stereocenters. The number of nitrogens with one attached hydrogen (secondary N) is 1. The number of hydrogen-bond donors (Lipinski definition) is 2. The zero-order valence-corrected chi connectivity index (χ0v) is 14.2. The number of amides is 1. The van der Waals surface area contributed by atoms with Gasteiger partial charge >= 0.3 is 0 Å². The fourth-order valence-corrected chi connectivity index (χ4v) is 2.87. The number of nitrogens with two attached hydrogens (primary N) is 1. The van der Waals surface area contributed by atoms with E-state index in [1.54, 1.807) is 0 Å². The molecule has 0 radical (unpaired) electrons. The Morgan fingerprint density at radius 1 is 1.04 bits per heavy atom. The van der Waals surface area contributed by atoms with Gasteiger partial charge in [0.25, 0.3) is 5.91 Å². The van der Waals surface area contributed by atoms with Gasteiger partial charge in [0.1, 0.15) is 5.75 Å². The molecule has 3 rings (SSSR count). The van der Waals surface area contributed by atoms with Gasteiger partial charge in [-0.15, -0.1) is 0 Å². The Bertz CT molecular complexity index is 854. The van der Waals surface area contributed by atoms with E-state index in [4.69, 9.17) is 10.5 Å². The lowest BCUT2D eigenvalue weighted by Gasteiger charge is -2.17. The van der Waals surface area contributed by atoms with E-state index >= 15 is 0 Å². The van der Waals surface area contributed by atoms with Crippen LogP contribution in [-0.4, -0.2) is 12.5 Å². The predicted molar refractivity (Wildman–Crippen MR) is 100 cm³/mol. The molecule has 0 unspecified atom stereocenters. The summed E-state index contributed by atoms with van der Waals surface area (Å²) in [5, 5.41) is 6.09. The largest absolute Gasteiger partial charge is 0.484 e. The van der Waals surface area contributed by atoms with E-state index in [-0.39, 0.29) is 12.6 Å². The minimum absolute atomic E-state index is 0.101. The Labute approximate surface area is 147 Å². The molecule has 0 spiro atoms. The lowest BCUT2D eigenvalue weighted by molar-refractivity contribution is -0.119. The van der Waals surface area contributed by atoms with E-state index in [0.717, 1.165) is 12.1 Å². The van der Waals surface area contributed by atoms with Crippen LogP contribution >= 0.6 is 0 Å². The van der Waals surface area contributed by atoms with Crippen LogP contribution in [0.1, 0.15) is 24.1 Å². The van der Waals surface area contributed by atoms with Crippen molar-refractivity contribution in [3.63, 3.8) is 0 Å². The second-order valence-electron chi connectivity index (χ2n) is 6.07. The number of rotatable bonds is 7. The van der Waals surface area contributed by atoms with Crippen LogP contribution in [0.4, 0.5) is 0 Å². The number of benzene rings is 3. The SMILES string of the molecule is C[C@H](NCc1ccc(OCC(N)=O)cc1)c1cccc2ccccc12. The average Bonchev–Trinajstić information content (AvgIpc) is 2.64. The molecule has 128 valence electrons. The Kier molecular flexibility index (Phi) is 5.31. The van der Waals surface area contributed by atoms with Crippen molar-refractivity contribution >= 4 is 16.7 Å². The molecule has 0 aliphatic heterocycles. The number of primary amides is 1. The lowest BCUT2D eigenvalue weighted by Crippen LogP contribution is -2.20. The molecule has 0 saturated carbocycles. The van der Waals surface area contributed by atoms with Crippen LogP contribution in [0.15, 0.2) is 66.7 Å². The quantitative estimate of drug-likeness (QED) is 0.694. The number of hydrogen-bond acceptors (Lipinski definition) is 3. The topological polar surface area (TPSA) is 64.3 Å². The second kappa shape index (κ2) is 7.81. The van der Waals surface area contributed by atoms with Crippen molar-refractivity contribution in [2.45, 2.75) is 19.5 Å². The van der Waals surface area contributed by atoms with Gasteiger partial charge in [-0.2, -0.15) is 0 Å². The van der Waals surface area contributed by atoms with Crippen molar-refractivity contribution in [1.82, 2.24) is 5.32 Å². The summed E-state index contributed by atoms with van der Waals surface area (Å²) in [6, 6.07) is 22.7. The fraction of sp³-hybridized carbons (Fsp3) is 0.190. The second-order valence-corrected chi connectivity index (χ2v) is 6.07. The summed E-state index contributed by atoms with van der Waals surface area (Å²) in [5.74, 6) is 0.166. The predicted octanol–water partition coefficient (Wildman–Crippen LogP) is 3.55. The third-order valence-corrected chi connectivity index (χ3v) is 4.21. The molecule has 0 saturated heterocycles. The monoisotopic (exact) mass is 334 g/mol. The van der Waals surface area contributed by atoms with Crippen molar-refractivity contribution < 1.29 is 9.53 Å². The first-order chi connectivity index (χ1) is 12.1. The van der Waals surface area contributed by atoms with Crippen molar-refractivity contribution in [2.75, 3.05) is 6.61 Å². The van der Waals surface area contributed by atoms with Gasteiger partial charge in [0, 0.05) is 12.6 Å². The van der Waals surface area contributed by atoms with Gasteiger partial charge in [-0.3, -0.25) is 4.79 Å². The standard InChI is InChI=1S/C21H22N2O2/c1-15(19-8-4-6-17-5-2-3-7-20(17)19)23-13-16-9-11-18(12-10-16)25-14-21(22)24/h2-12,15,23H,13-14H2,1H3,(H2,22,24)/t15-/m0/s1. The molecule has 0 aliphatic rings. The van der Waals surface area contributed by atoms with E-state index < -0.39 is 5.91 Å². The molecule has 25 heavy (non-hydrogen) atoms. The molecule has 0 bridgehead atoms. The van der Waals surface area contributed by atoms with Crippen LogP contribution in [0.25, 0.3) is 10.8 Å². The first-order valence-corrected chi connectivity index (χ1v) is 8.34. The molecule has 0 aromatic heterocycles. The smallest absolute Gasteiger partial charge is 0.255 e. The van der Waals surface area contributed by atoms with Gasteiger partial charge in [-0.05, 0) is 41.0 Å². The summed E-state index contributed by atoms with van der Waals surface area (Å²) < 4.78 is 5.27. The highest BCUT2D eigenvalue weighted by Gasteiger charge is 2.08. The van der Waals surface area contributed by atoms with E-state index in [9.17, 15) is 4.79 Å². The molecule has 4 nitrogen and oxygen atoms in total. The maximum Gasteiger partial charge on any atom is 0.255 e. The Morgan fingerprint density at radius 2 is 1.76 bits per heavy atom. The van der Waals surface area contributed by atoms with Crippen LogP contribution in [0.5, 0.6) is 5.75 Å². The molecular formula is C21H22N2O2. The third kappa shape index (κ3) is 4.37. The molecular weight excluding hydrogens is 312 g/mol. The highest BCUT2D eigenvalue weighted by molar-refractivity contribution is 5.86. The molecule has 0 fully saturated rings. The maximum atomic E-state index is 10.7. The van der Waals surface area contributed by atoms with E-state index in [0.29, 0.717) is 5.75 Å². The zero-order valence-electron chi connectivity index (χ0n) is 14.2. The summed E-state index contributed by atoms with van der Waals surface area (Å²) in [6.45, 7) is 2.82. The maximum absolute atomic E-state index is 10.7. The van der Waals surface area contributed by atoms with Crippen molar-refractivity contribution in [1.29, 1.82) is 0 Å². The Morgan fingerprint density at radius 3 is 2.52 bits per heavy atom. The first kappa shape index (κ1) is 17.0. The third-order valence-electron chi connectivity index (χ3n) is 4.21. The van der Waals surface area contributed by atoms with Crippen molar-refractivity contribution in [2.24, 2.45) is 5.73 Å². The highest BCUT2D eigenvalue weighted by Crippen LogP contribution is 2.24. The number of carbonyl (C=O) groups excluding carboxylic acids is 1.